The Balaban J connectivity index is 1.82. The van der Waals surface area contributed by atoms with Crippen LogP contribution in [0, 0.1) is 0 Å². The minimum absolute atomic E-state index is 0.449. The molecule has 6 heteroatoms. The number of amides is 1. The Hall–Kier alpha value is -2.63. The van der Waals surface area contributed by atoms with Gasteiger partial charge in [-0.05, 0) is 49.1 Å². The molecule has 4 rings (SSSR count). The van der Waals surface area contributed by atoms with Crippen molar-refractivity contribution < 1.29 is 15.0 Å². The second kappa shape index (κ2) is 7.78. The monoisotopic (exact) mass is 396 g/mol. The second-order valence-electron chi connectivity index (χ2n) is 7.10. The number of piperidine rings is 1. The van der Waals surface area contributed by atoms with Crippen molar-refractivity contribution in [3.63, 3.8) is 0 Å². The van der Waals surface area contributed by atoms with E-state index in [2.05, 4.69) is 0 Å². The topological polar surface area (TPSA) is 73.7 Å². The van der Waals surface area contributed by atoms with Crippen LogP contribution in [0.1, 0.15) is 30.9 Å². The number of carboxylic acid groups (broad SMARTS) is 1. The van der Waals surface area contributed by atoms with Crippen molar-refractivity contribution >= 4 is 28.6 Å². The maximum atomic E-state index is 11.7. The first kappa shape index (κ1) is 18.7. The van der Waals surface area contributed by atoms with Crippen molar-refractivity contribution in [1.29, 1.82) is 0 Å². The van der Waals surface area contributed by atoms with Gasteiger partial charge in [0.05, 0.1) is 17.3 Å². The van der Waals surface area contributed by atoms with Crippen molar-refractivity contribution in [2.24, 2.45) is 0 Å². The molecular weight excluding hydrogens is 376 g/mol. The number of para-hydroxylation sites is 1. The quantitative estimate of drug-likeness (QED) is 0.644. The van der Waals surface area contributed by atoms with E-state index in [1.807, 2.05) is 42.5 Å². The number of nitrogens with zero attached hydrogens (tertiary/aromatic N) is 2. The van der Waals surface area contributed by atoms with Gasteiger partial charge in [0.25, 0.3) is 0 Å². The number of benzene rings is 2. The van der Waals surface area contributed by atoms with Crippen LogP contribution in [0.15, 0.2) is 54.6 Å². The highest BCUT2D eigenvalue weighted by atomic mass is 35.5. The number of pyridine rings is 1. The van der Waals surface area contributed by atoms with E-state index in [4.69, 9.17) is 16.6 Å². The van der Waals surface area contributed by atoms with E-state index in [1.165, 1.54) is 4.90 Å². The molecule has 5 nitrogen and oxygen atoms in total. The number of likely N-dealkylation sites (tertiary alicyclic amines) is 1. The minimum Gasteiger partial charge on any atom is -0.465 e. The molecule has 2 aromatic carbocycles. The van der Waals surface area contributed by atoms with Crippen molar-refractivity contribution in [1.82, 2.24) is 9.88 Å². The fraction of sp³-hybridized carbons (Fsp3) is 0.273. The minimum atomic E-state index is -0.986. The van der Waals surface area contributed by atoms with Gasteiger partial charge >= 0.3 is 6.09 Å². The molecule has 2 heterocycles. The third-order valence-electron chi connectivity index (χ3n) is 5.37. The smallest absolute Gasteiger partial charge is 0.407 e. The molecule has 2 atom stereocenters. The van der Waals surface area contributed by atoms with E-state index < -0.39 is 18.2 Å². The van der Waals surface area contributed by atoms with Crippen LogP contribution >= 0.6 is 11.6 Å². The van der Waals surface area contributed by atoms with Gasteiger partial charge < -0.3 is 15.1 Å². The molecule has 0 aliphatic carbocycles. The largest absolute Gasteiger partial charge is 0.465 e. The maximum Gasteiger partial charge on any atom is 0.407 e. The number of rotatable bonds is 3. The number of carbonyl (C=O) groups is 1. The van der Waals surface area contributed by atoms with Crippen LogP contribution < -0.4 is 0 Å². The molecule has 1 amide bonds. The van der Waals surface area contributed by atoms with Gasteiger partial charge in [-0.25, -0.2) is 9.78 Å². The van der Waals surface area contributed by atoms with Gasteiger partial charge in [0.15, 0.2) is 0 Å². The average molecular weight is 397 g/mol. The van der Waals surface area contributed by atoms with E-state index in [-0.39, 0.29) is 0 Å². The summed E-state index contributed by atoms with van der Waals surface area (Å²) in [6.07, 6.45) is 0.456. The lowest BCUT2D eigenvalue weighted by molar-refractivity contribution is 0.0292. The van der Waals surface area contributed by atoms with E-state index in [0.717, 1.165) is 35.0 Å². The number of aliphatic hydroxyl groups excluding tert-OH is 1. The Labute approximate surface area is 168 Å². The summed E-state index contributed by atoms with van der Waals surface area (Å²) in [6, 6.07) is 16.4. The molecule has 28 heavy (non-hydrogen) atoms. The first-order valence-corrected chi connectivity index (χ1v) is 9.75. The molecule has 1 aliphatic rings. The van der Waals surface area contributed by atoms with Gasteiger partial charge in [-0.1, -0.05) is 41.9 Å². The zero-order valence-electron chi connectivity index (χ0n) is 15.3. The summed E-state index contributed by atoms with van der Waals surface area (Å²) in [5.74, 6) is 0. The first-order valence-electron chi connectivity index (χ1n) is 9.38. The lowest BCUT2D eigenvalue weighted by Gasteiger charge is -2.37. The summed E-state index contributed by atoms with van der Waals surface area (Å²) in [4.78, 5) is 17.8. The number of halogens is 1. The number of aromatic nitrogens is 1. The first-order chi connectivity index (χ1) is 13.5. The summed E-state index contributed by atoms with van der Waals surface area (Å²) >= 11 is 6.00. The molecule has 1 aromatic heterocycles. The summed E-state index contributed by atoms with van der Waals surface area (Å²) in [6.45, 7) is 0.449. The van der Waals surface area contributed by atoms with E-state index in [1.54, 1.807) is 12.1 Å². The molecule has 1 fully saturated rings. The number of aliphatic hydroxyl groups is 1. The Morgan fingerprint density at radius 1 is 1.14 bits per heavy atom. The zero-order valence-corrected chi connectivity index (χ0v) is 16.0. The van der Waals surface area contributed by atoms with E-state index in [9.17, 15) is 15.0 Å². The van der Waals surface area contributed by atoms with Gasteiger partial charge in [-0.15, -0.1) is 0 Å². The molecule has 2 unspecified atom stereocenters. The van der Waals surface area contributed by atoms with Gasteiger partial charge in [0.1, 0.15) is 6.10 Å². The van der Waals surface area contributed by atoms with Crippen molar-refractivity contribution in [3.8, 4) is 11.3 Å². The fourth-order valence-corrected chi connectivity index (χ4v) is 4.07. The molecule has 144 valence electrons. The van der Waals surface area contributed by atoms with Gasteiger partial charge in [-0.2, -0.15) is 0 Å². The molecule has 2 N–H and O–H groups in total. The molecule has 0 spiro atoms. The normalized spacial score (nSPS) is 18.2. The zero-order chi connectivity index (χ0) is 19.7. The van der Waals surface area contributed by atoms with E-state index in [0.29, 0.717) is 23.6 Å². The Morgan fingerprint density at radius 3 is 2.64 bits per heavy atom. The molecule has 3 aromatic rings. The Kier molecular flexibility index (Phi) is 5.20. The summed E-state index contributed by atoms with van der Waals surface area (Å²) in [5.41, 5.74) is 3.08. The Morgan fingerprint density at radius 2 is 1.89 bits per heavy atom. The predicted octanol–water partition coefficient (Wildman–Crippen LogP) is 5.12. The van der Waals surface area contributed by atoms with Gasteiger partial charge in [-0.3, -0.25) is 0 Å². The molecule has 1 aliphatic heterocycles. The summed E-state index contributed by atoms with van der Waals surface area (Å²) in [7, 11) is 0. The average Bonchev–Trinajstić information content (AvgIpc) is 2.73. The third kappa shape index (κ3) is 3.55. The number of hydrogen-bond acceptors (Lipinski definition) is 3. The maximum absolute atomic E-state index is 11.7. The standard InChI is InChI=1S/C22H21ClN2O3/c23-15-10-8-14(9-11-15)19-13-17(16-5-1-2-6-18(16)24-19)21(26)20-7-3-4-12-25(20)22(27)28/h1-2,5-6,8-11,13,20-21,26H,3-4,7,12H2,(H,27,28). The van der Waals surface area contributed by atoms with Crippen molar-refractivity contribution in [2.75, 3.05) is 6.54 Å². The molecule has 0 bridgehead atoms. The number of fused-ring (bicyclic) bond motifs is 1. The second-order valence-corrected chi connectivity index (χ2v) is 7.54. The Bertz CT molecular complexity index is 1010. The van der Waals surface area contributed by atoms with Crippen molar-refractivity contribution in [2.45, 2.75) is 31.4 Å². The summed E-state index contributed by atoms with van der Waals surface area (Å²) < 4.78 is 0. The van der Waals surface area contributed by atoms with E-state index >= 15 is 0 Å². The number of hydrogen-bond donors (Lipinski definition) is 2. The fourth-order valence-electron chi connectivity index (χ4n) is 3.95. The van der Waals surface area contributed by atoms with Crippen LogP contribution in [0.25, 0.3) is 22.2 Å². The van der Waals surface area contributed by atoms with Gasteiger partial charge in [0, 0.05) is 22.5 Å². The highest BCUT2D eigenvalue weighted by Crippen LogP contribution is 2.34. The molecule has 1 saturated heterocycles. The third-order valence-corrected chi connectivity index (χ3v) is 5.62. The highest BCUT2D eigenvalue weighted by molar-refractivity contribution is 6.30. The molecular formula is C22H21ClN2O3. The van der Waals surface area contributed by atoms with Crippen LogP contribution in [-0.4, -0.2) is 38.8 Å². The van der Waals surface area contributed by atoms with Crippen LogP contribution in [0.2, 0.25) is 5.02 Å². The van der Waals surface area contributed by atoms with Crippen LogP contribution in [0.3, 0.4) is 0 Å². The van der Waals surface area contributed by atoms with Crippen LogP contribution in [0.4, 0.5) is 4.79 Å². The SMILES string of the molecule is O=C(O)N1CCCCC1C(O)c1cc(-c2ccc(Cl)cc2)nc2ccccc12. The summed E-state index contributed by atoms with van der Waals surface area (Å²) in [5, 5.41) is 22.3. The van der Waals surface area contributed by atoms with Crippen LogP contribution in [-0.2, 0) is 0 Å². The highest BCUT2D eigenvalue weighted by Gasteiger charge is 2.33. The van der Waals surface area contributed by atoms with Crippen LogP contribution in [0.5, 0.6) is 0 Å². The molecule has 0 radical (unpaired) electrons. The lowest BCUT2D eigenvalue weighted by Crippen LogP contribution is -2.46. The molecule has 0 saturated carbocycles. The predicted molar refractivity (Wildman–Crippen MR) is 110 cm³/mol. The van der Waals surface area contributed by atoms with Gasteiger partial charge in [0.2, 0.25) is 0 Å². The van der Waals surface area contributed by atoms with Crippen molar-refractivity contribution in [3.05, 3.63) is 65.2 Å². The lowest BCUT2D eigenvalue weighted by atomic mass is 9.90.